The predicted octanol–water partition coefficient (Wildman–Crippen LogP) is 5.61. The highest BCUT2D eigenvalue weighted by molar-refractivity contribution is 9.09. The van der Waals surface area contributed by atoms with Gasteiger partial charge < -0.3 is 24.8 Å². The van der Waals surface area contributed by atoms with Gasteiger partial charge in [-0.3, -0.25) is 19.2 Å². The van der Waals surface area contributed by atoms with Crippen LogP contribution in [0.5, 0.6) is 0 Å². The van der Waals surface area contributed by atoms with Crippen LogP contribution in [0.4, 0.5) is 0 Å². The van der Waals surface area contributed by atoms with Crippen molar-refractivity contribution >= 4 is 57.0 Å². The average molecular weight is 652 g/mol. The molecule has 0 aromatic heterocycles. The van der Waals surface area contributed by atoms with E-state index < -0.39 is 73.1 Å². The zero-order valence-electron chi connectivity index (χ0n) is 22.4. The van der Waals surface area contributed by atoms with Crippen molar-refractivity contribution < 1.29 is 44.0 Å². The van der Waals surface area contributed by atoms with Gasteiger partial charge in [-0.1, -0.05) is 70.5 Å². The van der Waals surface area contributed by atoms with E-state index in [0.717, 1.165) is 22.3 Å². The minimum atomic E-state index is -1.20. The molecule has 0 saturated carbocycles. The number of ether oxygens (including phenoxy) is 2. The van der Waals surface area contributed by atoms with E-state index in [4.69, 9.17) is 21.1 Å². The number of carboxylic acid groups (broad SMARTS) is 3. The number of carbonyl (C=O) groups excluding carboxylic acids is 1. The van der Waals surface area contributed by atoms with Gasteiger partial charge in [-0.05, 0) is 46.2 Å². The summed E-state index contributed by atoms with van der Waals surface area (Å²) >= 11 is 9.95. The molecular weight excluding hydrogens is 620 g/mol. The molecule has 1 heterocycles. The molecule has 1 aliphatic rings. The molecule has 1 aliphatic heterocycles. The van der Waals surface area contributed by atoms with Gasteiger partial charge in [0.1, 0.15) is 6.61 Å². The van der Waals surface area contributed by atoms with Crippen LogP contribution < -0.4 is 0 Å². The highest BCUT2D eigenvalue weighted by Crippen LogP contribution is 2.48. The first-order valence-corrected chi connectivity index (χ1v) is 14.4. The lowest BCUT2D eigenvalue weighted by atomic mass is 9.68. The molecule has 5 atom stereocenters. The Morgan fingerprint density at radius 3 is 2.07 bits per heavy atom. The maximum Gasteiger partial charge on any atom is 0.303 e. The number of benzene rings is 2. The fourth-order valence-electron chi connectivity index (χ4n) is 5.41. The number of carboxylic acids is 3. The van der Waals surface area contributed by atoms with Crippen LogP contribution in [0.1, 0.15) is 54.5 Å². The fourth-order valence-corrected chi connectivity index (χ4v) is 5.92. The Balaban J connectivity index is 2.03. The van der Waals surface area contributed by atoms with Gasteiger partial charge >= 0.3 is 23.9 Å². The van der Waals surface area contributed by atoms with E-state index in [1.807, 2.05) is 24.3 Å². The first-order valence-electron chi connectivity index (χ1n) is 12.9. The van der Waals surface area contributed by atoms with Crippen LogP contribution in [0, 0.1) is 17.8 Å². The monoisotopic (exact) mass is 650 g/mol. The third-order valence-corrected chi connectivity index (χ3v) is 8.33. The van der Waals surface area contributed by atoms with E-state index in [-0.39, 0.29) is 6.61 Å². The Morgan fingerprint density at radius 2 is 1.51 bits per heavy atom. The Bertz CT molecular complexity index is 1290. The molecule has 0 unspecified atom stereocenters. The molecule has 9 nitrogen and oxygen atoms in total. The summed E-state index contributed by atoms with van der Waals surface area (Å²) in [5.41, 5.74) is 4.22. The summed E-state index contributed by atoms with van der Waals surface area (Å²) in [6.07, 6.45) is -2.82. The number of aliphatic carboxylic acids is 3. The average Bonchev–Trinajstić information content (AvgIpc) is 2.90. The molecule has 1 saturated heterocycles. The lowest BCUT2D eigenvalue weighted by Crippen LogP contribution is -2.48. The zero-order chi connectivity index (χ0) is 30.3. The van der Waals surface area contributed by atoms with E-state index in [1.165, 1.54) is 6.92 Å². The molecule has 3 rings (SSSR count). The van der Waals surface area contributed by atoms with Crippen molar-refractivity contribution in [2.45, 2.75) is 44.8 Å². The highest BCUT2D eigenvalue weighted by Gasteiger charge is 2.48. The standard InChI is InChI=1S/C30H32BrClO9/c1-16(14-31)19-5-3-18(4-6-19)9-21-10-20(7-8-25(21)32)30-24(13-29(38)39)22(11-27(34)35)23(12-28(36)37)26(41-30)15-40-17(2)33/h3-8,10,22-24,26,30H,1,9,11-15H2,2H3,(H,34,35)(H,36,37)(H,38,39)/t22-,23+,24-,26-,30+/m0/s1. The second-order valence-corrected chi connectivity index (χ2v) is 11.1. The molecule has 0 bridgehead atoms. The van der Waals surface area contributed by atoms with E-state index >= 15 is 0 Å². The van der Waals surface area contributed by atoms with E-state index in [1.54, 1.807) is 18.2 Å². The van der Waals surface area contributed by atoms with Gasteiger partial charge in [-0.2, -0.15) is 0 Å². The third kappa shape index (κ3) is 8.89. The zero-order valence-corrected chi connectivity index (χ0v) is 24.8. The molecule has 2 aromatic carbocycles. The molecular formula is C30H32BrClO9. The van der Waals surface area contributed by atoms with E-state index in [0.29, 0.717) is 22.3 Å². The number of alkyl halides is 1. The number of rotatable bonds is 13. The number of carbonyl (C=O) groups is 4. The van der Waals surface area contributed by atoms with Gasteiger partial charge in [0.2, 0.25) is 0 Å². The minimum Gasteiger partial charge on any atom is -0.481 e. The lowest BCUT2D eigenvalue weighted by molar-refractivity contribution is -0.189. The van der Waals surface area contributed by atoms with Crippen molar-refractivity contribution in [3.63, 3.8) is 0 Å². The molecule has 0 amide bonds. The van der Waals surface area contributed by atoms with Gasteiger partial charge in [0.05, 0.1) is 25.0 Å². The van der Waals surface area contributed by atoms with Crippen molar-refractivity contribution in [1.29, 1.82) is 0 Å². The van der Waals surface area contributed by atoms with Crippen LogP contribution in [0.3, 0.4) is 0 Å². The summed E-state index contributed by atoms with van der Waals surface area (Å²) in [6.45, 7) is 4.91. The first kappa shape index (κ1) is 32.3. The third-order valence-electron chi connectivity index (χ3n) is 7.29. The summed E-state index contributed by atoms with van der Waals surface area (Å²) in [4.78, 5) is 47.2. The van der Waals surface area contributed by atoms with Crippen LogP contribution in [-0.4, -0.2) is 57.2 Å². The van der Waals surface area contributed by atoms with Crippen LogP contribution in [-0.2, 0) is 35.1 Å². The number of hydrogen-bond donors (Lipinski definition) is 3. The molecule has 0 aliphatic carbocycles. The summed E-state index contributed by atoms with van der Waals surface area (Å²) in [5, 5.41) is 30.2. The molecule has 11 heteroatoms. The van der Waals surface area contributed by atoms with Crippen molar-refractivity contribution in [1.82, 2.24) is 0 Å². The highest BCUT2D eigenvalue weighted by atomic mass is 79.9. The summed E-state index contributed by atoms with van der Waals surface area (Å²) in [7, 11) is 0. The van der Waals surface area contributed by atoms with Crippen molar-refractivity contribution in [2.24, 2.45) is 17.8 Å². The SMILES string of the molecule is C=C(CBr)c1ccc(Cc2cc([C@H]3O[C@@H](COC(C)=O)[C@H](CC(=O)O)[C@H](CC(=O)O)[C@@H]3CC(=O)O)ccc2Cl)cc1. The van der Waals surface area contributed by atoms with E-state index in [9.17, 15) is 34.5 Å². The summed E-state index contributed by atoms with van der Waals surface area (Å²) < 4.78 is 11.5. The second kappa shape index (κ2) is 14.6. The van der Waals surface area contributed by atoms with Gasteiger partial charge in [0, 0.05) is 35.5 Å². The Hall–Kier alpha value is -3.21. The van der Waals surface area contributed by atoms with Gasteiger partial charge in [-0.15, -0.1) is 0 Å². The smallest absolute Gasteiger partial charge is 0.303 e. The molecule has 0 radical (unpaired) electrons. The second-order valence-electron chi connectivity index (χ2n) is 10.1. The van der Waals surface area contributed by atoms with Gasteiger partial charge in [-0.25, -0.2) is 0 Å². The van der Waals surface area contributed by atoms with Gasteiger partial charge in [0.25, 0.3) is 0 Å². The molecule has 1 fully saturated rings. The van der Waals surface area contributed by atoms with Crippen LogP contribution >= 0.6 is 27.5 Å². The van der Waals surface area contributed by atoms with Crippen molar-refractivity contribution in [3.8, 4) is 0 Å². The van der Waals surface area contributed by atoms with Crippen molar-refractivity contribution in [2.75, 3.05) is 11.9 Å². The molecule has 41 heavy (non-hydrogen) atoms. The Kier molecular flexibility index (Phi) is 11.5. The lowest BCUT2D eigenvalue weighted by Gasteiger charge is -2.46. The maximum atomic E-state index is 11.9. The fraction of sp³-hybridized carbons (Fsp3) is 0.400. The normalized spacial score (nSPS) is 22.1. The largest absolute Gasteiger partial charge is 0.481 e. The Labute approximate surface area is 251 Å². The summed E-state index contributed by atoms with van der Waals surface area (Å²) in [6, 6.07) is 13.0. The minimum absolute atomic E-state index is 0.299. The van der Waals surface area contributed by atoms with Crippen molar-refractivity contribution in [3.05, 3.63) is 76.3 Å². The first-order chi connectivity index (χ1) is 19.4. The number of esters is 1. The molecule has 220 valence electrons. The molecule has 0 spiro atoms. The van der Waals surface area contributed by atoms with Crippen LogP contribution in [0.25, 0.3) is 5.57 Å². The van der Waals surface area contributed by atoms with E-state index in [2.05, 4.69) is 22.5 Å². The predicted molar refractivity (Wildman–Crippen MR) is 155 cm³/mol. The Morgan fingerprint density at radius 1 is 0.927 bits per heavy atom. The quantitative estimate of drug-likeness (QED) is 0.186. The number of allylic oxidation sites excluding steroid dienone is 1. The molecule has 2 aromatic rings. The van der Waals surface area contributed by atoms with Gasteiger partial charge in [0.15, 0.2) is 0 Å². The maximum absolute atomic E-state index is 11.9. The summed E-state index contributed by atoms with van der Waals surface area (Å²) in [5.74, 6) is -6.84. The molecule has 3 N–H and O–H groups in total. The van der Waals surface area contributed by atoms with Crippen LogP contribution in [0.2, 0.25) is 5.02 Å². The number of halogens is 2. The topological polar surface area (TPSA) is 147 Å². The van der Waals surface area contributed by atoms with Crippen LogP contribution in [0.15, 0.2) is 49.0 Å². The number of hydrogen-bond acceptors (Lipinski definition) is 6.